The molecular formula is C12H8N4O2. The maximum atomic E-state index is 11.8. The van der Waals surface area contributed by atoms with E-state index >= 15 is 0 Å². The van der Waals surface area contributed by atoms with Gasteiger partial charge in [-0.2, -0.15) is 0 Å². The highest BCUT2D eigenvalue weighted by Crippen LogP contribution is 2.17. The number of hydrogen-bond acceptors (Lipinski definition) is 3. The Kier molecular flexibility index (Phi) is 1.46. The van der Waals surface area contributed by atoms with E-state index in [1.807, 2.05) is 12.1 Å². The first-order valence-electron chi connectivity index (χ1n) is 5.49. The molecule has 0 bridgehead atoms. The number of imide groups is 1. The molecule has 1 aromatic heterocycles. The molecule has 2 aliphatic rings. The van der Waals surface area contributed by atoms with Gasteiger partial charge in [0, 0.05) is 0 Å². The van der Waals surface area contributed by atoms with E-state index in [9.17, 15) is 9.59 Å². The van der Waals surface area contributed by atoms with Gasteiger partial charge in [-0.3, -0.25) is 10.1 Å². The molecule has 3 amide bonds. The zero-order chi connectivity index (χ0) is 12.3. The van der Waals surface area contributed by atoms with E-state index in [-0.39, 0.29) is 5.91 Å². The molecule has 2 heterocycles. The van der Waals surface area contributed by atoms with Crippen LogP contribution in [0.1, 0.15) is 0 Å². The van der Waals surface area contributed by atoms with Crippen molar-refractivity contribution in [2.75, 3.05) is 0 Å². The molecule has 1 unspecified atom stereocenters. The van der Waals surface area contributed by atoms with Gasteiger partial charge in [-0.25, -0.2) is 9.78 Å². The predicted molar refractivity (Wildman–Crippen MR) is 63.7 cm³/mol. The van der Waals surface area contributed by atoms with Crippen LogP contribution in [0, 0.1) is 0 Å². The summed E-state index contributed by atoms with van der Waals surface area (Å²) in [5.74, 6) is -0.347. The number of nitrogens with zero attached hydrogens (tertiary/aromatic N) is 1. The average Bonchev–Trinajstić information content (AvgIpc) is 2.94. The van der Waals surface area contributed by atoms with Crippen LogP contribution >= 0.6 is 0 Å². The first-order valence-corrected chi connectivity index (χ1v) is 5.49. The highest BCUT2D eigenvalue weighted by molar-refractivity contribution is 6.16. The first-order chi connectivity index (χ1) is 8.66. The van der Waals surface area contributed by atoms with E-state index in [0.29, 0.717) is 0 Å². The second-order valence-corrected chi connectivity index (χ2v) is 4.47. The molecule has 0 radical (unpaired) electrons. The molecule has 1 saturated heterocycles. The van der Waals surface area contributed by atoms with E-state index in [0.717, 1.165) is 21.5 Å². The maximum absolute atomic E-state index is 11.8. The fourth-order valence-corrected chi connectivity index (χ4v) is 2.48. The standard InChI is InChI=1S/C12H8N4O2/c17-10-12(16-11(18)15-10)3-6-1-8-9(14-5-13-8)2-7(6)4-12/h1-5H,(H,13,14)(H2,15,16,17,18). The first kappa shape index (κ1) is 9.41. The summed E-state index contributed by atoms with van der Waals surface area (Å²) in [5, 5.41) is 6.68. The smallest absolute Gasteiger partial charge is 0.322 e. The molecule has 1 aliphatic heterocycles. The number of benzene rings is 1. The molecule has 1 atom stereocenters. The average molecular weight is 240 g/mol. The van der Waals surface area contributed by atoms with Crippen molar-refractivity contribution in [1.29, 1.82) is 0 Å². The third-order valence-corrected chi connectivity index (χ3v) is 3.31. The van der Waals surface area contributed by atoms with Crippen LogP contribution in [-0.4, -0.2) is 27.4 Å². The minimum absolute atomic E-state index is 0.347. The third-order valence-electron chi connectivity index (χ3n) is 3.31. The van der Waals surface area contributed by atoms with Gasteiger partial charge in [-0.15, -0.1) is 0 Å². The summed E-state index contributed by atoms with van der Waals surface area (Å²) in [6.07, 6.45) is 5.12. The van der Waals surface area contributed by atoms with E-state index in [2.05, 4.69) is 20.6 Å². The van der Waals surface area contributed by atoms with Gasteiger partial charge in [-0.1, -0.05) is 0 Å². The summed E-state index contributed by atoms with van der Waals surface area (Å²) >= 11 is 0. The van der Waals surface area contributed by atoms with Gasteiger partial charge in [0.05, 0.1) is 17.4 Å². The van der Waals surface area contributed by atoms with Crippen molar-refractivity contribution in [3.63, 3.8) is 0 Å². The molecule has 18 heavy (non-hydrogen) atoms. The number of carbonyl (C=O) groups excluding carboxylic acids is 2. The largest absolute Gasteiger partial charge is 0.345 e. The number of fused-ring (bicyclic) bond motifs is 2. The van der Waals surface area contributed by atoms with Crippen LogP contribution in [0.2, 0.25) is 0 Å². The van der Waals surface area contributed by atoms with E-state index in [4.69, 9.17) is 0 Å². The molecule has 1 aliphatic carbocycles. The van der Waals surface area contributed by atoms with Crippen LogP contribution in [0.3, 0.4) is 0 Å². The number of nitrogens with one attached hydrogen (secondary N) is 3. The summed E-state index contributed by atoms with van der Waals surface area (Å²) in [7, 11) is 0. The van der Waals surface area contributed by atoms with Gasteiger partial charge in [-0.05, 0) is 34.7 Å². The lowest BCUT2D eigenvalue weighted by Crippen LogP contribution is -2.41. The van der Waals surface area contributed by atoms with E-state index in [1.54, 1.807) is 18.5 Å². The minimum atomic E-state index is -1.04. The lowest BCUT2D eigenvalue weighted by Gasteiger charge is -2.13. The number of carbonyl (C=O) groups is 2. The van der Waals surface area contributed by atoms with Crippen LogP contribution < -0.4 is 21.1 Å². The lowest BCUT2D eigenvalue weighted by molar-refractivity contribution is -0.120. The SMILES string of the molecule is O=C1NC(=O)C2(C=c3cc4nc[nH]c4cc3=C2)N1. The number of amides is 3. The summed E-state index contributed by atoms with van der Waals surface area (Å²) in [6, 6.07) is 3.34. The highest BCUT2D eigenvalue weighted by Gasteiger charge is 2.44. The second-order valence-electron chi connectivity index (χ2n) is 4.47. The van der Waals surface area contributed by atoms with Crippen LogP contribution in [0.15, 0.2) is 18.5 Å². The van der Waals surface area contributed by atoms with Crippen LogP contribution in [-0.2, 0) is 4.79 Å². The van der Waals surface area contributed by atoms with Crippen molar-refractivity contribution in [3.05, 3.63) is 28.9 Å². The van der Waals surface area contributed by atoms with Crippen molar-refractivity contribution in [3.8, 4) is 0 Å². The highest BCUT2D eigenvalue weighted by atomic mass is 16.2. The lowest BCUT2D eigenvalue weighted by atomic mass is 10.0. The van der Waals surface area contributed by atoms with Crippen molar-refractivity contribution < 1.29 is 9.59 Å². The number of imidazole rings is 1. The van der Waals surface area contributed by atoms with Gasteiger partial charge in [0.15, 0.2) is 5.54 Å². The molecule has 1 aromatic carbocycles. The Bertz CT molecular complexity index is 783. The van der Waals surface area contributed by atoms with Crippen molar-refractivity contribution in [2.24, 2.45) is 0 Å². The summed E-state index contributed by atoms with van der Waals surface area (Å²) in [5.41, 5.74) is 0.693. The predicted octanol–water partition coefficient (Wildman–Crippen LogP) is -1.28. The van der Waals surface area contributed by atoms with E-state index < -0.39 is 11.6 Å². The molecule has 4 rings (SSSR count). The number of H-pyrrole nitrogens is 1. The molecule has 6 nitrogen and oxygen atoms in total. The second kappa shape index (κ2) is 2.79. The number of hydrogen-bond donors (Lipinski definition) is 3. The zero-order valence-electron chi connectivity index (χ0n) is 9.15. The molecule has 1 spiro atoms. The van der Waals surface area contributed by atoms with E-state index in [1.165, 1.54) is 0 Å². The van der Waals surface area contributed by atoms with Gasteiger partial charge in [0.25, 0.3) is 5.91 Å². The maximum Gasteiger partial charge on any atom is 0.322 e. The van der Waals surface area contributed by atoms with Crippen molar-refractivity contribution in [2.45, 2.75) is 5.54 Å². The molecule has 2 aromatic rings. The van der Waals surface area contributed by atoms with Crippen LogP contribution in [0.25, 0.3) is 23.2 Å². The van der Waals surface area contributed by atoms with Gasteiger partial charge < -0.3 is 10.3 Å². The Morgan fingerprint density at radius 1 is 1.11 bits per heavy atom. The Morgan fingerprint density at radius 3 is 2.61 bits per heavy atom. The fourth-order valence-electron chi connectivity index (χ4n) is 2.48. The zero-order valence-corrected chi connectivity index (χ0v) is 9.15. The molecule has 88 valence electrons. The Morgan fingerprint density at radius 2 is 1.89 bits per heavy atom. The Balaban J connectivity index is 2.03. The fraction of sp³-hybridized carbons (Fsp3) is 0.0833. The number of aromatic nitrogens is 2. The Labute approximate surface area is 100 Å². The molecular weight excluding hydrogens is 232 g/mol. The summed E-state index contributed by atoms with van der Waals surface area (Å²) < 4.78 is 0. The number of urea groups is 1. The normalized spacial score (nSPS) is 19.3. The Hall–Kier alpha value is -2.63. The van der Waals surface area contributed by atoms with Gasteiger partial charge in [0.2, 0.25) is 0 Å². The van der Waals surface area contributed by atoms with Crippen molar-refractivity contribution >= 4 is 35.1 Å². The monoisotopic (exact) mass is 240 g/mol. The van der Waals surface area contributed by atoms with Crippen LogP contribution in [0.5, 0.6) is 0 Å². The topological polar surface area (TPSA) is 86.9 Å². The van der Waals surface area contributed by atoms with Gasteiger partial charge in [0.1, 0.15) is 0 Å². The summed E-state index contributed by atoms with van der Waals surface area (Å²) in [6.45, 7) is 0. The van der Waals surface area contributed by atoms with Crippen LogP contribution in [0.4, 0.5) is 4.79 Å². The van der Waals surface area contributed by atoms with Gasteiger partial charge >= 0.3 is 6.03 Å². The van der Waals surface area contributed by atoms with Crippen molar-refractivity contribution in [1.82, 2.24) is 20.6 Å². The number of rotatable bonds is 0. The molecule has 1 fully saturated rings. The number of aromatic amines is 1. The molecule has 0 saturated carbocycles. The quantitative estimate of drug-likeness (QED) is 0.501. The minimum Gasteiger partial charge on any atom is -0.345 e. The molecule has 3 N–H and O–H groups in total. The summed E-state index contributed by atoms with van der Waals surface area (Å²) in [4.78, 5) is 30.3. The molecule has 6 heteroatoms. The third kappa shape index (κ3) is 1.04.